The number of methoxy groups -OCH3 is 1. The first-order valence-corrected chi connectivity index (χ1v) is 11.9. The van der Waals surface area contributed by atoms with Gasteiger partial charge in [0.05, 0.1) is 30.5 Å². The molecule has 0 aliphatic heterocycles. The number of esters is 1. The van der Waals surface area contributed by atoms with Crippen LogP contribution in [-0.4, -0.2) is 42.7 Å². The first-order valence-electron chi connectivity index (χ1n) is 9.54. The molecule has 0 unspecified atom stereocenters. The summed E-state index contributed by atoms with van der Waals surface area (Å²) in [5.41, 5.74) is 0.414. The number of carbonyl (C=O) groups excluding carboxylic acids is 1. The second-order valence-corrected chi connectivity index (χ2v) is 10.9. The van der Waals surface area contributed by atoms with Crippen molar-refractivity contribution in [3.8, 4) is 0 Å². The molecule has 12 heteroatoms. The van der Waals surface area contributed by atoms with Gasteiger partial charge in [0.25, 0.3) is 0 Å². The van der Waals surface area contributed by atoms with Gasteiger partial charge in [0.2, 0.25) is 0 Å². The van der Waals surface area contributed by atoms with Crippen molar-refractivity contribution in [1.29, 1.82) is 0 Å². The number of alkyl halides is 3. The molecule has 0 amide bonds. The van der Waals surface area contributed by atoms with Gasteiger partial charge in [-0.3, -0.25) is 4.57 Å². The molecule has 0 aliphatic rings. The number of benzene rings is 1. The van der Waals surface area contributed by atoms with E-state index in [1.807, 2.05) is 0 Å². The second-order valence-electron chi connectivity index (χ2n) is 7.69. The lowest BCUT2D eigenvalue weighted by atomic mass is 10.2. The first-order chi connectivity index (χ1) is 14.4. The molecule has 0 saturated carbocycles. The van der Waals surface area contributed by atoms with E-state index >= 15 is 0 Å². The van der Waals surface area contributed by atoms with Gasteiger partial charge in [-0.2, -0.15) is 13.2 Å². The predicted octanol–water partition coefficient (Wildman–Crippen LogP) is 5.68. The Kier molecular flexibility index (Phi) is 8.13. The maximum atomic E-state index is 14.6. The fourth-order valence-electron chi connectivity index (χ4n) is 2.53. The van der Waals surface area contributed by atoms with Crippen LogP contribution in [0.2, 0.25) is 0 Å². The summed E-state index contributed by atoms with van der Waals surface area (Å²) in [5.74, 6) is -2.39. The quantitative estimate of drug-likeness (QED) is 0.344. The first kappa shape index (κ1) is 25.6. The molecule has 1 heterocycles. The number of nitrogens with one attached hydrogen (secondary N) is 1. The molecule has 0 radical (unpaired) electrons. The Morgan fingerprint density at radius 2 is 1.68 bits per heavy atom. The zero-order valence-electron chi connectivity index (χ0n) is 17.9. The molecule has 1 N–H and O–H groups in total. The number of aromatic nitrogens is 1. The largest absolute Gasteiger partial charge is 0.467 e. The summed E-state index contributed by atoms with van der Waals surface area (Å²) in [5, 5.41) is -2.02. The Bertz CT molecular complexity index is 901. The van der Waals surface area contributed by atoms with Crippen molar-refractivity contribution >= 4 is 40.3 Å². The molecule has 1 atom stereocenters. The maximum absolute atomic E-state index is 14.6. The van der Waals surface area contributed by atoms with E-state index in [-0.39, 0.29) is 30.2 Å². The van der Waals surface area contributed by atoms with Gasteiger partial charge in [0.1, 0.15) is 0 Å². The number of thiazole rings is 1. The number of halogens is 3. The summed E-state index contributed by atoms with van der Waals surface area (Å²) in [6, 6.07) is 6.64. The van der Waals surface area contributed by atoms with Gasteiger partial charge in [-0.1, -0.05) is 51.2 Å². The smallest absolute Gasteiger partial charge is 0.434 e. The van der Waals surface area contributed by atoms with Crippen molar-refractivity contribution in [2.75, 3.05) is 25.6 Å². The minimum absolute atomic E-state index is 0.273. The van der Waals surface area contributed by atoms with Crippen LogP contribution in [0.5, 0.6) is 0 Å². The molecule has 1 aromatic carbocycles. The molecular weight excluding hydrogens is 456 g/mol. The zero-order chi connectivity index (χ0) is 23.4. The third kappa shape index (κ3) is 5.39. The minimum Gasteiger partial charge on any atom is -0.467 e. The number of hydrogen-bond acceptors (Lipinski definition) is 8. The Balaban J connectivity index is 2.68. The monoisotopic (exact) mass is 482 g/mol. The Morgan fingerprint density at radius 3 is 2.13 bits per heavy atom. The summed E-state index contributed by atoms with van der Waals surface area (Å²) in [7, 11) is -4.44. The lowest BCUT2D eigenvalue weighted by molar-refractivity contribution is -0.186. The van der Waals surface area contributed by atoms with E-state index in [0.29, 0.717) is 10.2 Å². The van der Waals surface area contributed by atoms with Gasteiger partial charge < -0.3 is 19.1 Å². The number of rotatable bonds is 10. The van der Waals surface area contributed by atoms with Crippen molar-refractivity contribution in [2.24, 2.45) is 11.8 Å². The van der Waals surface area contributed by atoms with Crippen molar-refractivity contribution in [3.05, 3.63) is 24.3 Å². The van der Waals surface area contributed by atoms with Crippen LogP contribution in [0.25, 0.3) is 10.2 Å². The highest BCUT2D eigenvalue weighted by molar-refractivity contribution is 7.57. The number of nitrogens with zero attached hydrogens (tertiary/aromatic N) is 1. The van der Waals surface area contributed by atoms with Crippen LogP contribution < -0.4 is 5.32 Å². The normalized spacial score (nSPS) is 14.8. The lowest BCUT2D eigenvalue weighted by Crippen LogP contribution is -2.59. The average Bonchev–Trinajstić information content (AvgIpc) is 3.09. The number of anilines is 1. The van der Waals surface area contributed by atoms with Crippen molar-refractivity contribution in [1.82, 2.24) is 4.98 Å². The van der Waals surface area contributed by atoms with Crippen molar-refractivity contribution < 1.29 is 36.3 Å². The van der Waals surface area contributed by atoms with Crippen LogP contribution in [0, 0.1) is 11.8 Å². The van der Waals surface area contributed by atoms with Gasteiger partial charge in [-0.25, -0.2) is 9.78 Å². The topological polar surface area (TPSA) is 86.8 Å². The van der Waals surface area contributed by atoms with Gasteiger partial charge in [-0.15, -0.1) is 0 Å². The van der Waals surface area contributed by atoms with Gasteiger partial charge in [0.15, 0.2) is 5.13 Å². The molecule has 7 nitrogen and oxygen atoms in total. The summed E-state index contributed by atoms with van der Waals surface area (Å²) in [4.78, 5) is 16.8. The highest BCUT2D eigenvalue weighted by atomic mass is 32.1. The Labute approximate surface area is 182 Å². The van der Waals surface area contributed by atoms with E-state index in [0.717, 1.165) is 18.4 Å². The van der Waals surface area contributed by atoms with Gasteiger partial charge >= 0.3 is 25.0 Å². The summed E-state index contributed by atoms with van der Waals surface area (Å²) >= 11 is 0.871. The number of para-hydroxylation sites is 1. The Hall–Kier alpha value is -1.68. The van der Waals surface area contributed by atoms with Gasteiger partial charge in [0, 0.05) is 0 Å². The highest BCUT2D eigenvalue weighted by Gasteiger charge is 2.75. The number of fused-ring (bicyclic) bond motifs is 1. The fraction of sp³-hybridized carbons (Fsp3) is 0.579. The summed E-state index contributed by atoms with van der Waals surface area (Å²) in [6.07, 6.45) is -5.40. The molecule has 31 heavy (non-hydrogen) atoms. The molecule has 1 aromatic heterocycles. The molecule has 0 bridgehead atoms. The summed E-state index contributed by atoms with van der Waals surface area (Å²) in [6.45, 7) is 6.02. The van der Waals surface area contributed by atoms with Crippen molar-refractivity contribution in [3.63, 3.8) is 0 Å². The standard InChI is InChI=1S/C19H26F3N2O5PS/c1-12(2)10-28-30(26,29-11-13(3)4)18(16(25)27-5,19(20,21)22)24-17-23-14-8-6-7-9-15(14)31-17/h6-9,12-13H,10-11H2,1-5H3,(H,23,24)/t18-/m0/s1. The van der Waals surface area contributed by atoms with E-state index in [1.54, 1.807) is 52.0 Å². The zero-order valence-corrected chi connectivity index (χ0v) is 19.6. The Morgan fingerprint density at radius 1 is 1.13 bits per heavy atom. The SMILES string of the molecule is COC(=O)[C@@](Nc1nc2ccccc2s1)(C(F)(F)F)P(=O)(OCC(C)C)OCC(C)C. The van der Waals surface area contributed by atoms with E-state index in [4.69, 9.17) is 9.05 Å². The molecule has 0 saturated heterocycles. The lowest BCUT2D eigenvalue weighted by Gasteiger charge is -2.38. The molecule has 2 rings (SSSR count). The van der Waals surface area contributed by atoms with Crippen LogP contribution in [0.1, 0.15) is 27.7 Å². The molecule has 2 aromatic rings. The molecular formula is C19H26F3N2O5PS. The fourth-order valence-corrected chi connectivity index (χ4v) is 5.84. The maximum Gasteiger partial charge on any atom is 0.434 e. The highest BCUT2D eigenvalue weighted by Crippen LogP contribution is 2.66. The van der Waals surface area contributed by atoms with Crippen LogP contribution in [0.15, 0.2) is 24.3 Å². The molecule has 0 fully saturated rings. The molecule has 174 valence electrons. The average molecular weight is 482 g/mol. The predicted molar refractivity (Wildman–Crippen MR) is 113 cm³/mol. The number of carbonyl (C=O) groups is 1. The number of hydrogen-bond donors (Lipinski definition) is 1. The van der Waals surface area contributed by atoms with Crippen LogP contribution >= 0.6 is 18.9 Å². The molecule has 0 spiro atoms. The van der Waals surface area contributed by atoms with E-state index in [1.165, 1.54) is 0 Å². The number of ether oxygens (including phenoxy) is 1. The van der Waals surface area contributed by atoms with Crippen molar-refractivity contribution in [2.45, 2.75) is 39.2 Å². The molecule has 0 aliphatic carbocycles. The minimum atomic E-state index is -5.40. The van der Waals surface area contributed by atoms with E-state index < -0.39 is 25.0 Å². The van der Waals surface area contributed by atoms with E-state index in [9.17, 15) is 22.5 Å². The van der Waals surface area contributed by atoms with Crippen LogP contribution in [0.3, 0.4) is 0 Å². The van der Waals surface area contributed by atoms with Crippen LogP contribution in [0.4, 0.5) is 18.3 Å². The summed E-state index contributed by atoms with van der Waals surface area (Å²) < 4.78 is 73.0. The second kappa shape index (κ2) is 9.85. The van der Waals surface area contributed by atoms with E-state index in [2.05, 4.69) is 15.0 Å². The van der Waals surface area contributed by atoms with Gasteiger partial charge in [-0.05, 0) is 24.0 Å². The van der Waals surface area contributed by atoms with Crippen LogP contribution in [-0.2, 0) is 23.1 Å². The third-order valence-corrected chi connectivity index (χ3v) is 7.34. The third-order valence-electron chi connectivity index (χ3n) is 4.04.